The van der Waals surface area contributed by atoms with E-state index in [1.807, 2.05) is 47.6 Å². The zero-order valence-corrected chi connectivity index (χ0v) is 32.0. The molecule has 0 radical (unpaired) electrons. The first-order valence-corrected chi connectivity index (χ1v) is 17.7. The largest absolute Gasteiger partial charge is 0.507 e. The molecule has 2 N–H and O–H groups in total. The van der Waals surface area contributed by atoms with Gasteiger partial charge in [-0.2, -0.15) is 0 Å². The van der Waals surface area contributed by atoms with Gasteiger partial charge >= 0.3 is 11.8 Å². The van der Waals surface area contributed by atoms with E-state index in [9.17, 15) is 29.1 Å². The molecule has 1 aromatic rings. The number of hydrogen-bond acceptors (Lipinski definition) is 12. The Morgan fingerprint density at radius 2 is 1.57 bits per heavy atom. The molecule has 1 amide bonds. The highest BCUT2D eigenvalue weighted by Crippen LogP contribution is 2.48. The SMILES string of the molecule is CO[C@H]1/C=C\O[C@@]2(C)Oc3c(C)c(O)c4c(c3C2=O)C(=O)C=C(NC(=O)/C(C)=C\C=C[C@H](C)[C@@H]2OC(C)(C)O[C@H]([C@H](C)[C@H](OC(C)=O)[C@@H]1C)[C@@H]2C)C4=O. The molecular weight excluding hydrogens is 686 g/mol. The average molecular weight is 736 g/mol. The Bertz CT molecular complexity index is 1850. The number of hydrogen-bond donors (Lipinski definition) is 2. The maximum atomic E-state index is 14.0. The van der Waals surface area contributed by atoms with Crippen LogP contribution in [0.1, 0.15) is 99.0 Å². The topological polar surface area (TPSA) is 173 Å². The van der Waals surface area contributed by atoms with Crippen molar-refractivity contribution in [1.29, 1.82) is 0 Å². The smallest absolute Gasteiger partial charge is 0.312 e. The second-order valence-corrected chi connectivity index (χ2v) is 15.0. The maximum absolute atomic E-state index is 14.0. The number of allylic oxidation sites excluding steroid dienone is 4. The number of aromatic hydroxyl groups is 1. The zero-order valence-electron chi connectivity index (χ0n) is 32.0. The summed E-state index contributed by atoms with van der Waals surface area (Å²) in [4.78, 5) is 67.0. The third-order valence-electron chi connectivity index (χ3n) is 10.6. The van der Waals surface area contributed by atoms with Gasteiger partial charge < -0.3 is 38.8 Å². The van der Waals surface area contributed by atoms with Gasteiger partial charge in [-0.05, 0) is 33.8 Å². The number of nitrogens with one attached hydrogen (secondary N) is 1. The predicted molar refractivity (Wildman–Crippen MR) is 191 cm³/mol. The van der Waals surface area contributed by atoms with Crippen LogP contribution in [0.15, 0.2) is 47.9 Å². The van der Waals surface area contributed by atoms with Crippen LogP contribution in [-0.4, -0.2) is 77.4 Å². The Kier molecular flexibility index (Phi) is 11.0. The van der Waals surface area contributed by atoms with Crippen LogP contribution in [0.4, 0.5) is 0 Å². The standard InChI is InChI=1S/C40H49NO12/c1-18-13-12-14-19(2)38(47)41-25-17-26(43)28-29(32(25)45)31(44)21(4)36-30(28)37(46)40(10,53-36)49-16-15-27(48-11)20(3)34(50-24(7)42)23(6)35-22(5)33(18)51-39(8,9)52-35/h12-18,20,22-23,27,33-35,44H,1-11H3,(H,41,47)/b13-12?,16-15-,19-14-/t18-,20+,22+,23+,27-,33-,34+,35-,40-/m0/s1. The first-order chi connectivity index (χ1) is 24.7. The second-order valence-electron chi connectivity index (χ2n) is 15.0. The summed E-state index contributed by atoms with van der Waals surface area (Å²) in [5, 5.41) is 13.7. The molecule has 4 heterocycles. The van der Waals surface area contributed by atoms with E-state index in [0.29, 0.717) is 0 Å². The van der Waals surface area contributed by atoms with Crippen molar-refractivity contribution >= 4 is 29.2 Å². The summed E-state index contributed by atoms with van der Waals surface area (Å²) in [5.74, 6) is -8.33. The van der Waals surface area contributed by atoms with Gasteiger partial charge in [0, 0.05) is 61.8 Å². The molecule has 0 unspecified atom stereocenters. The van der Waals surface area contributed by atoms with Gasteiger partial charge in [0.05, 0.1) is 47.0 Å². The van der Waals surface area contributed by atoms with Crippen LogP contribution in [0.25, 0.3) is 0 Å². The predicted octanol–water partition coefficient (Wildman–Crippen LogP) is 5.43. The normalized spacial score (nSPS) is 34.6. The fraction of sp³-hybridized carbons (Fsp3) is 0.525. The molecule has 6 rings (SSSR count). The lowest BCUT2D eigenvalue weighted by molar-refractivity contribution is -0.336. The summed E-state index contributed by atoms with van der Waals surface area (Å²) in [7, 11) is 1.49. The highest BCUT2D eigenvalue weighted by Gasteiger charge is 2.52. The molecule has 0 saturated carbocycles. The molecule has 9 atom stereocenters. The Morgan fingerprint density at radius 3 is 2.21 bits per heavy atom. The number of phenolic OH excluding ortho intramolecular Hbond substituents is 1. The molecule has 1 saturated heterocycles. The van der Waals surface area contributed by atoms with E-state index in [1.54, 1.807) is 25.2 Å². The number of esters is 1. The number of rotatable bonds is 2. The van der Waals surface area contributed by atoms with E-state index in [-0.39, 0.29) is 57.6 Å². The molecule has 53 heavy (non-hydrogen) atoms. The molecule has 13 nitrogen and oxygen atoms in total. The summed E-state index contributed by atoms with van der Waals surface area (Å²) in [6.45, 7) is 17.2. The van der Waals surface area contributed by atoms with Crippen LogP contribution in [0.2, 0.25) is 0 Å². The van der Waals surface area contributed by atoms with Crippen LogP contribution >= 0.6 is 0 Å². The number of benzene rings is 1. The Hall–Kier alpha value is -4.59. The molecule has 0 spiro atoms. The average Bonchev–Trinajstić information content (AvgIpc) is 3.35. The number of Topliss-reactive ketones (excluding diaryl/α,β-unsaturated/α-hetero) is 2. The van der Waals surface area contributed by atoms with Crippen molar-refractivity contribution in [2.75, 3.05) is 7.11 Å². The van der Waals surface area contributed by atoms with Crippen molar-refractivity contribution in [1.82, 2.24) is 5.32 Å². The first-order valence-electron chi connectivity index (χ1n) is 17.7. The van der Waals surface area contributed by atoms with Crippen LogP contribution in [0, 0.1) is 30.6 Å². The van der Waals surface area contributed by atoms with E-state index < -0.39 is 76.3 Å². The number of carbonyl (C=O) groups excluding carboxylic acids is 5. The highest BCUT2D eigenvalue weighted by atomic mass is 16.7. The van der Waals surface area contributed by atoms with E-state index in [0.717, 1.165) is 6.08 Å². The van der Waals surface area contributed by atoms with Crippen molar-refractivity contribution in [2.24, 2.45) is 23.7 Å². The van der Waals surface area contributed by atoms with Crippen LogP contribution in [0.3, 0.4) is 0 Å². The minimum Gasteiger partial charge on any atom is -0.507 e. The van der Waals surface area contributed by atoms with Gasteiger partial charge in [0.25, 0.3) is 11.7 Å². The quantitative estimate of drug-likeness (QED) is 0.370. The van der Waals surface area contributed by atoms with Gasteiger partial charge in [-0.15, -0.1) is 0 Å². The summed E-state index contributed by atoms with van der Waals surface area (Å²) in [6, 6.07) is 0. The number of phenols is 1. The maximum Gasteiger partial charge on any atom is 0.312 e. The van der Waals surface area contributed by atoms with Crippen molar-refractivity contribution < 1.29 is 57.5 Å². The number of fused-ring (bicyclic) bond motifs is 10. The fourth-order valence-corrected chi connectivity index (χ4v) is 7.71. The van der Waals surface area contributed by atoms with Crippen molar-refractivity contribution in [3.63, 3.8) is 0 Å². The van der Waals surface area contributed by atoms with Crippen LogP contribution in [-0.2, 0) is 33.3 Å². The summed E-state index contributed by atoms with van der Waals surface area (Å²) in [5.41, 5.74) is -1.07. The van der Waals surface area contributed by atoms with Crippen molar-refractivity contribution in [2.45, 2.75) is 105 Å². The van der Waals surface area contributed by atoms with Gasteiger partial charge in [0.1, 0.15) is 17.6 Å². The molecule has 286 valence electrons. The molecule has 0 aromatic heterocycles. The van der Waals surface area contributed by atoms with Crippen LogP contribution < -0.4 is 10.1 Å². The lowest BCUT2D eigenvalue weighted by Crippen LogP contribution is -2.56. The molecule has 1 aliphatic carbocycles. The molecule has 1 aromatic carbocycles. The van der Waals surface area contributed by atoms with Gasteiger partial charge in [-0.25, -0.2) is 0 Å². The van der Waals surface area contributed by atoms with E-state index in [4.69, 9.17) is 28.4 Å². The summed E-state index contributed by atoms with van der Waals surface area (Å²) in [6.07, 6.45) is 6.77. The minimum atomic E-state index is -2.00. The monoisotopic (exact) mass is 735 g/mol. The third kappa shape index (κ3) is 7.34. The lowest BCUT2D eigenvalue weighted by Gasteiger charge is -2.50. The Balaban J connectivity index is 1.62. The number of amides is 1. The molecule has 1 fully saturated rings. The minimum absolute atomic E-state index is 0.0356. The summed E-state index contributed by atoms with van der Waals surface area (Å²) < 4.78 is 36.6. The number of carbonyl (C=O) groups is 5. The van der Waals surface area contributed by atoms with Gasteiger partial charge in [-0.3, -0.25) is 24.0 Å². The summed E-state index contributed by atoms with van der Waals surface area (Å²) >= 11 is 0. The number of methoxy groups -OCH3 is 1. The number of ketones is 3. The molecule has 13 heteroatoms. The van der Waals surface area contributed by atoms with Gasteiger partial charge in [0.2, 0.25) is 5.78 Å². The van der Waals surface area contributed by atoms with E-state index in [1.165, 1.54) is 34.1 Å². The molecule has 4 aliphatic heterocycles. The second kappa shape index (κ2) is 14.7. The number of ether oxygens (including phenoxy) is 6. The lowest BCUT2D eigenvalue weighted by atomic mass is 9.77. The van der Waals surface area contributed by atoms with Gasteiger partial charge in [-0.1, -0.05) is 45.9 Å². The van der Waals surface area contributed by atoms with E-state index >= 15 is 0 Å². The van der Waals surface area contributed by atoms with Crippen molar-refractivity contribution in [3.8, 4) is 11.5 Å². The molecule has 7 bridgehead atoms. The Labute approximate surface area is 309 Å². The van der Waals surface area contributed by atoms with Crippen LogP contribution in [0.5, 0.6) is 11.5 Å². The molecular formula is C40H49NO12. The highest BCUT2D eigenvalue weighted by molar-refractivity contribution is 6.30. The molecule has 5 aliphatic rings. The zero-order chi connectivity index (χ0) is 39.3. The Morgan fingerprint density at radius 1 is 0.906 bits per heavy atom. The first kappa shape index (κ1) is 39.6. The fourth-order valence-electron chi connectivity index (χ4n) is 7.71. The van der Waals surface area contributed by atoms with E-state index in [2.05, 4.69) is 5.32 Å². The van der Waals surface area contributed by atoms with Crippen molar-refractivity contribution in [3.05, 3.63) is 70.2 Å². The van der Waals surface area contributed by atoms with Gasteiger partial charge in [0.15, 0.2) is 11.6 Å². The third-order valence-corrected chi connectivity index (χ3v) is 10.6.